The molecule has 0 bridgehead atoms. The van der Waals surface area contributed by atoms with Gasteiger partial charge in [-0.05, 0) is 13.3 Å². The number of rotatable bonds is 2. The SMILES string of the molecule is CCC(N)(N)C(C)=C(N)N. The van der Waals surface area contributed by atoms with Crippen LogP contribution in [0, 0.1) is 0 Å². The summed E-state index contributed by atoms with van der Waals surface area (Å²) in [7, 11) is 0. The van der Waals surface area contributed by atoms with Crippen molar-refractivity contribution in [2.45, 2.75) is 25.9 Å². The molecule has 4 heteroatoms. The summed E-state index contributed by atoms with van der Waals surface area (Å²) in [5, 5.41) is 0. The lowest BCUT2D eigenvalue weighted by Crippen LogP contribution is -2.51. The Kier molecular flexibility index (Phi) is 2.68. The first-order valence-electron chi connectivity index (χ1n) is 3.22. The van der Waals surface area contributed by atoms with Gasteiger partial charge < -0.3 is 22.9 Å². The zero-order valence-electron chi connectivity index (χ0n) is 6.52. The van der Waals surface area contributed by atoms with Gasteiger partial charge >= 0.3 is 0 Å². The zero-order chi connectivity index (χ0) is 8.36. The van der Waals surface area contributed by atoms with Crippen molar-refractivity contribution in [2.75, 3.05) is 0 Å². The van der Waals surface area contributed by atoms with Gasteiger partial charge in [0.25, 0.3) is 0 Å². The molecule has 60 valence electrons. The van der Waals surface area contributed by atoms with Crippen molar-refractivity contribution in [2.24, 2.45) is 22.9 Å². The van der Waals surface area contributed by atoms with E-state index in [0.29, 0.717) is 12.0 Å². The summed E-state index contributed by atoms with van der Waals surface area (Å²) in [6.45, 7) is 3.62. The van der Waals surface area contributed by atoms with Gasteiger partial charge in [-0.25, -0.2) is 0 Å². The van der Waals surface area contributed by atoms with E-state index in [1.165, 1.54) is 0 Å². The molecule has 0 aromatic rings. The fourth-order valence-corrected chi connectivity index (χ4v) is 0.534. The van der Waals surface area contributed by atoms with Crippen LogP contribution in [0.4, 0.5) is 0 Å². The third kappa shape index (κ3) is 1.89. The highest BCUT2D eigenvalue weighted by Crippen LogP contribution is 2.10. The van der Waals surface area contributed by atoms with Crippen molar-refractivity contribution in [1.29, 1.82) is 0 Å². The smallest absolute Gasteiger partial charge is 0.0954 e. The third-order valence-corrected chi connectivity index (χ3v) is 1.72. The predicted molar refractivity (Wildman–Crippen MR) is 42.5 cm³/mol. The molecule has 0 amide bonds. The Balaban J connectivity index is 4.49. The number of hydrogen-bond donors (Lipinski definition) is 4. The Morgan fingerprint density at radius 1 is 1.30 bits per heavy atom. The van der Waals surface area contributed by atoms with Crippen molar-refractivity contribution < 1.29 is 0 Å². The second-order valence-corrected chi connectivity index (χ2v) is 2.47. The molecule has 4 nitrogen and oxygen atoms in total. The molecule has 8 N–H and O–H groups in total. The van der Waals surface area contributed by atoms with Crippen LogP contribution in [-0.4, -0.2) is 5.66 Å². The summed E-state index contributed by atoms with van der Waals surface area (Å²) in [6.07, 6.45) is 0.622. The van der Waals surface area contributed by atoms with Gasteiger partial charge in [-0.3, -0.25) is 0 Å². The number of hydrogen-bond acceptors (Lipinski definition) is 4. The Labute approximate surface area is 61.2 Å². The maximum atomic E-state index is 5.62. The first kappa shape index (κ1) is 9.26. The van der Waals surface area contributed by atoms with Crippen LogP contribution in [0.25, 0.3) is 0 Å². The van der Waals surface area contributed by atoms with Gasteiger partial charge in [0.2, 0.25) is 0 Å². The Hall–Kier alpha value is -0.740. The first-order chi connectivity index (χ1) is 4.41. The van der Waals surface area contributed by atoms with Crippen molar-refractivity contribution in [3.8, 4) is 0 Å². The van der Waals surface area contributed by atoms with Crippen LogP contribution in [0.1, 0.15) is 20.3 Å². The van der Waals surface area contributed by atoms with Gasteiger partial charge in [-0.15, -0.1) is 0 Å². The van der Waals surface area contributed by atoms with Crippen molar-refractivity contribution in [1.82, 2.24) is 0 Å². The van der Waals surface area contributed by atoms with Crippen LogP contribution >= 0.6 is 0 Å². The molecule has 0 atom stereocenters. The van der Waals surface area contributed by atoms with E-state index in [-0.39, 0.29) is 5.82 Å². The molecule has 0 saturated carbocycles. The lowest BCUT2D eigenvalue weighted by Gasteiger charge is -2.24. The van der Waals surface area contributed by atoms with Crippen LogP contribution in [0.15, 0.2) is 11.4 Å². The molecular formula is C6H16N4. The average Bonchev–Trinajstić information content (AvgIpc) is 1.86. The van der Waals surface area contributed by atoms with Crippen LogP contribution in [0.3, 0.4) is 0 Å². The molecule has 0 radical (unpaired) electrons. The summed E-state index contributed by atoms with van der Waals surface area (Å²) >= 11 is 0. The Morgan fingerprint density at radius 3 is 1.80 bits per heavy atom. The quantitative estimate of drug-likeness (QED) is 0.379. The summed E-state index contributed by atoms with van der Waals surface area (Å²) in [5.41, 5.74) is 21.6. The van der Waals surface area contributed by atoms with Crippen LogP contribution in [-0.2, 0) is 0 Å². The maximum Gasteiger partial charge on any atom is 0.0954 e. The van der Waals surface area contributed by atoms with E-state index in [1.807, 2.05) is 6.92 Å². The molecule has 0 fully saturated rings. The molecule has 0 aromatic carbocycles. The van der Waals surface area contributed by atoms with E-state index in [4.69, 9.17) is 22.9 Å². The van der Waals surface area contributed by atoms with Gasteiger partial charge in [0.1, 0.15) is 0 Å². The summed E-state index contributed by atoms with van der Waals surface area (Å²) < 4.78 is 0. The monoisotopic (exact) mass is 144 g/mol. The van der Waals surface area contributed by atoms with E-state index < -0.39 is 5.66 Å². The molecule has 0 aromatic heterocycles. The van der Waals surface area contributed by atoms with Gasteiger partial charge in [0.05, 0.1) is 11.5 Å². The first-order valence-corrected chi connectivity index (χ1v) is 3.22. The molecule has 0 unspecified atom stereocenters. The highest BCUT2D eigenvalue weighted by Gasteiger charge is 2.19. The fraction of sp³-hybridized carbons (Fsp3) is 0.667. The largest absolute Gasteiger partial charge is 0.386 e. The van der Waals surface area contributed by atoms with E-state index >= 15 is 0 Å². The molecule has 0 spiro atoms. The van der Waals surface area contributed by atoms with E-state index in [2.05, 4.69) is 0 Å². The molecule has 0 saturated heterocycles. The van der Waals surface area contributed by atoms with E-state index in [9.17, 15) is 0 Å². The van der Waals surface area contributed by atoms with Gasteiger partial charge in [-0.1, -0.05) is 6.92 Å². The predicted octanol–water partition coefficient (Wildman–Crippen LogP) is -0.841. The maximum absolute atomic E-state index is 5.62. The van der Waals surface area contributed by atoms with E-state index in [1.54, 1.807) is 6.92 Å². The topological polar surface area (TPSA) is 104 Å². The summed E-state index contributed by atoms with van der Waals surface area (Å²) in [5.74, 6) is 0.215. The molecule has 10 heavy (non-hydrogen) atoms. The minimum Gasteiger partial charge on any atom is -0.386 e. The summed E-state index contributed by atoms with van der Waals surface area (Å²) in [4.78, 5) is 0. The van der Waals surface area contributed by atoms with Crippen molar-refractivity contribution in [3.05, 3.63) is 11.4 Å². The minimum absolute atomic E-state index is 0.215. The van der Waals surface area contributed by atoms with Crippen molar-refractivity contribution >= 4 is 0 Å². The molecule has 0 rings (SSSR count). The van der Waals surface area contributed by atoms with Gasteiger partial charge in [-0.2, -0.15) is 0 Å². The second-order valence-electron chi connectivity index (χ2n) is 2.47. The van der Waals surface area contributed by atoms with Crippen LogP contribution < -0.4 is 22.9 Å². The van der Waals surface area contributed by atoms with E-state index in [0.717, 1.165) is 0 Å². The minimum atomic E-state index is -0.848. The van der Waals surface area contributed by atoms with Crippen LogP contribution in [0.2, 0.25) is 0 Å². The second kappa shape index (κ2) is 2.90. The highest BCUT2D eigenvalue weighted by atomic mass is 15.0. The van der Waals surface area contributed by atoms with Gasteiger partial charge in [0.15, 0.2) is 0 Å². The molecule has 0 aliphatic rings. The highest BCUT2D eigenvalue weighted by molar-refractivity contribution is 5.17. The average molecular weight is 144 g/mol. The van der Waals surface area contributed by atoms with Crippen LogP contribution in [0.5, 0.6) is 0 Å². The zero-order valence-corrected chi connectivity index (χ0v) is 6.52. The molecule has 0 heterocycles. The Morgan fingerprint density at radius 2 is 1.70 bits per heavy atom. The third-order valence-electron chi connectivity index (χ3n) is 1.72. The lowest BCUT2D eigenvalue weighted by molar-refractivity contribution is 0.496. The molecule has 0 aliphatic heterocycles. The Bertz CT molecular complexity index is 144. The van der Waals surface area contributed by atoms with Crippen molar-refractivity contribution in [3.63, 3.8) is 0 Å². The lowest BCUT2D eigenvalue weighted by atomic mass is 10.0. The fourth-order valence-electron chi connectivity index (χ4n) is 0.534. The standard InChI is InChI=1S/C6H16N4/c1-3-6(9,10)4(2)5(7)8/h3,7-10H2,1-2H3. The number of nitrogens with two attached hydrogens (primary N) is 4. The molecule has 0 aliphatic carbocycles. The summed E-state index contributed by atoms with van der Waals surface area (Å²) in [6, 6.07) is 0. The van der Waals surface area contributed by atoms with Gasteiger partial charge in [0, 0.05) is 5.57 Å². The normalized spacial score (nSPS) is 11.2. The molecular weight excluding hydrogens is 128 g/mol.